The van der Waals surface area contributed by atoms with Crippen LogP contribution in [0.25, 0.3) is 0 Å². The van der Waals surface area contributed by atoms with E-state index in [1.807, 2.05) is 13.8 Å². The number of fused-ring (bicyclic) bond motifs is 1. The Morgan fingerprint density at radius 1 is 1.20 bits per heavy atom. The molecule has 2 aliphatic rings. The standard InChI is InChI=1S/C12H23O7P/c1-5-15-20(13,16-6-2)8-14-10-7-9-11(17-10)19-12(3,4)18-9/h9-11H,5-8H2,1-4H3/t9-,10-,11-/m0/s1. The van der Waals surface area contributed by atoms with Crippen molar-refractivity contribution in [2.24, 2.45) is 0 Å². The summed E-state index contributed by atoms with van der Waals surface area (Å²) in [5.41, 5.74) is 0. The average Bonchev–Trinajstić information content (AvgIpc) is 2.80. The fourth-order valence-electron chi connectivity index (χ4n) is 2.26. The largest absolute Gasteiger partial charge is 0.356 e. The van der Waals surface area contributed by atoms with Crippen LogP contribution in [0.4, 0.5) is 0 Å². The molecule has 2 fully saturated rings. The molecule has 0 amide bonds. The molecule has 7 nitrogen and oxygen atoms in total. The highest BCUT2D eigenvalue weighted by Crippen LogP contribution is 2.49. The Morgan fingerprint density at radius 2 is 1.85 bits per heavy atom. The van der Waals surface area contributed by atoms with E-state index in [9.17, 15) is 4.57 Å². The summed E-state index contributed by atoms with van der Waals surface area (Å²) in [6.45, 7) is 7.79. The monoisotopic (exact) mass is 310 g/mol. The van der Waals surface area contributed by atoms with Gasteiger partial charge in [-0.25, -0.2) is 0 Å². The molecule has 0 aliphatic carbocycles. The average molecular weight is 310 g/mol. The van der Waals surface area contributed by atoms with E-state index in [0.29, 0.717) is 19.6 Å². The molecule has 8 heteroatoms. The summed E-state index contributed by atoms with van der Waals surface area (Å²) in [5.74, 6) is -0.633. The molecule has 20 heavy (non-hydrogen) atoms. The molecule has 0 bridgehead atoms. The van der Waals surface area contributed by atoms with Gasteiger partial charge in [0.25, 0.3) is 0 Å². The second kappa shape index (κ2) is 6.40. The van der Waals surface area contributed by atoms with Crippen molar-refractivity contribution < 1.29 is 32.6 Å². The number of hydrogen-bond acceptors (Lipinski definition) is 7. The lowest BCUT2D eigenvalue weighted by molar-refractivity contribution is -0.241. The Kier molecular flexibility index (Phi) is 5.24. The fourth-order valence-corrected chi connectivity index (χ4v) is 3.62. The summed E-state index contributed by atoms with van der Waals surface area (Å²) < 4.78 is 44.8. The minimum Gasteiger partial charge on any atom is -0.342 e. The van der Waals surface area contributed by atoms with E-state index in [4.69, 9.17) is 28.0 Å². The molecule has 0 saturated carbocycles. The highest BCUT2D eigenvalue weighted by molar-refractivity contribution is 7.53. The van der Waals surface area contributed by atoms with Crippen LogP contribution >= 0.6 is 7.60 Å². The molecule has 2 heterocycles. The molecule has 0 spiro atoms. The predicted octanol–water partition coefficient (Wildman–Crippen LogP) is 2.45. The first-order valence-corrected chi connectivity index (χ1v) is 8.61. The predicted molar refractivity (Wildman–Crippen MR) is 70.1 cm³/mol. The van der Waals surface area contributed by atoms with Gasteiger partial charge >= 0.3 is 7.60 Å². The number of hydrogen-bond donors (Lipinski definition) is 0. The van der Waals surface area contributed by atoms with Crippen LogP contribution in [0.15, 0.2) is 0 Å². The summed E-state index contributed by atoms with van der Waals surface area (Å²) in [7, 11) is -3.21. The van der Waals surface area contributed by atoms with E-state index in [0.717, 1.165) is 0 Å². The summed E-state index contributed by atoms with van der Waals surface area (Å²) in [5, 5.41) is 0. The molecule has 0 unspecified atom stereocenters. The van der Waals surface area contributed by atoms with Gasteiger partial charge in [0.2, 0.25) is 0 Å². The van der Waals surface area contributed by atoms with Gasteiger partial charge in [-0.2, -0.15) is 0 Å². The molecule has 0 aromatic rings. The third kappa shape index (κ3) is 4.01. The zero-order valence-corrected chi connectivity index (χ0v) is 13.3. The first kappa shape index (κ1) is 16.4. The molecule has 2 aliphatic heterocycles. The second-order valence-corrected chi connectivity index (χ2v) is 7.08. The molecule has 118 valence electrons. The molecular weight excluding hydrogens is 287 g/mol. The van der Waals surface area contributed by atoms with Crippen molar-refractivity contribution in [2.45, 2.75) is 58.6 Å². The van der Waals surface area contributed by atoms with Gasteiger partial charge in [-0.05, 0) is 27.7 Å². The van der Waals surface area contributed by atoms with Gasteiger partial charge in [0.05, 0.1) is 13.2 Å². The first-order chi connectivity index (χ1) is 9.37. The normalized spacial score (nSPS) is 32.5. The van der Waals surface area contributed by atoms with Crippen LogP contribution in [0.2, 0.25) is 0 Å². The summed E-state index contributed by atoms with van der Waals surface area (Å²) in [6.07, 6.45) is -0.716. The topological polar surface area (TPSA) is 72.5 Å². The van der Waals surface area contributed by atoms with Gasteiger partial charge in [0, 0.05) is 6.42 Å². The first-order valence-electron chi connectivity index (χ1n) is 6.88. The molecule has 0 aromatic carbocycles. The molecule has 2 rings (SSSR count). The van der Waals surface area contributed by atoms with Gasteiger partial charge in [-0.3, -0.25) is 4.57 Å². The lowest BCUT2D eigenvalue weighted by Gasteiger charge is -2.22. The van der Waals surface area contributed by atoms with Crippen LogP contribution in [-0.4, -0.2) is 44.0 Å². The lowest BCUT2D eigenvalue weighted by Crippen LogP contribution is -2.25. The van der Waals surface area contributed by atoms with Crippen molar-refractivity contribution in [3.63, 3.8) is 0 Å². The molecule has 0 radical (unpaired) electrons. The van der Waals surface area contributed by atoms with Crippen LogP contribution in [0.5, 0.6) is 0 Å². The Bertz CT molecular complexity index is 347. The van der Waals surface area contributed by atoms with E-state index >= 15 is 0 Å². The maximum atomic E-state index is 12.2. The Morgan fingerprint density at radius 3 is 2.40 bits per heavy atom. The number of ether oxygens (including phenoxy) is 4. The van der Waals surface area contributed by atoms with Gasteiger partial charge < -0.3 is 28.0 Å². The van der Waals surface area contributed by atoms with Crippen molar-refractivity contribution in [3.8, 4) is 0 Å². The second-order valence-electron chi connectivity index (χ2n) is 5.09. The fraction of sp³-hybridized carbons (Fsp3) is 1.00. The minimum atomic E-state index is -3.21. The molecule has 2 saturated heterocycles. The minimum absolute atomic E-state index is 0.137. The van der Waals surface area contributed by atoms with E-state index in [1.165, 1.54) is 0 Å². The van der Waals surface area contributed by atoms with E-state index < -0.39 is 26.0 Å². The summed E-state index contributed by atoms with van der Waals surface area (Å²) >= 11 is 0. The molecule has 0 aromatic heterocycles. The van der Waals surface area contributed by atoms with Crippen molar-refractivity contribution in [3.05, 3.63) is 0 Å². The van der Waals surface area contributed by atoms with Crippen LogP contribution in [-0.2, 0) is 32.6 Å². The highest BCUT2D eigenvalue weighted by atomic mass is 31.2. The van der Waals surface area contributed by atoms with Crippen molar-refractivity contribution in [1.82, 2.24) is 0 Å². The van der Waals surface area contributed by atoms with E-state index in [1.54, 1.807) is 13.8 Å². The number of rotatable bonds is 7. The van der Waals surface area contributed by atoms with Crippen molar-refractivity contribution in [1.29, 1.82) is 0 Å². The molecular formula is C12H23O7P. The van der Waals surface area contributed by atoms with Crippen LogP contribution in [0.3, 0.4) is 0 Å². The summed E-state index contributed by atoms with van der Waals surface area (Å²) in [4.78, 5) is 0. The van der Waals surface area contributed by atoms with Crippen LogP contribution in [0, 0.1) is 0 Å². The lowest BCUT2D eigenvalue weighted by atomic mass is 10.3. The van der Waals surface area contributed by atoms with E-state index in [-0.39, 0.29) is 12.5 Å². The smallest absolute Gasteiger partial charge is 0.342 e. The zero-order valence-electron chi connectivity index (χ0n) is 12.4. The highest BCUT2D eigenvalue weighted by Gasteiger charge is 2.49. The quantitative estimate of drug-likeness (QED) is 0.669. The third-order valence-electron chi connectivity index (χ3n) is 2.92. The Labute approximate surface area is 119 Å². The van der Waals surface area contributed by atoms with Crippen molar-refractivity contribution in [2.75, 3.05) is 19.6 Å². The van der Waals surface area contributed by atoms with Gasteiger partial charge in [0.1, 0.15) is 6.10 Å². The molecule has 0 N–H and O–H groups in total. The maximum absolute atomic E-state index is 12.2. The summed E-state index contributed by atoms with van der Waals surface area (Å²) in [6, 6.07) is 0. The van der Waals surface area contributed by atoms with Gasteiger partial charge in [0.15, 0.2) is 24.7 Å². The Balaban J connectivity index is 1.80. The molecule has 3 atom stereocenters. The maximum Gasteiger partial charge on any atom is 0.356 e. The third-order valence-corrected chi connectivity index (χ3v) is 4.69. The van der Waals surface area contributed by atoms with Crippen LogP contribution in [0.1, 0.15) is 34.1 Å². The van der Waals surface area contributed by atoms with Gasteiger partial charge in [-0.1, -0.05) is 0 Å². The van der Waals surface area contributed by atoms with E-state index in [2.05, 4.69) is 0 Å². The Hall–Kier alpha value is -0.0100. The zero-order chi connectivity index (χ0) is 14.8. The van der Waals surface area contributed by atoms with Crippen LogP contribution < -0.4 is 0 Å². The van der Waals surface area contributed by atoms with Gasteiger partial charge in [-0.15, -0.1) is 0 Å². The SMILES string of the molecule is CCOP(=O)(CO[C@@H]1C[C@@H]2OC(C)(C)O[C@@H]2O1)OCC. The van der Waals surface area contributed by atoms with Crippen molar-refractivity contribution >= 4 is 7.60 Å².